The number of benzene rings is 2. The maximum atomic E-state index is 13.2. The predicted molar refractivity (Wildman–Crippen MR) is 156 cm³/mol. The number of hydrogen-bond donors (Lipinski definition) is 3. The van der Waals surface area contributed by atoms with Crippen LogP contribution in [0.5, 0.6) is 0 Å². The first-order valence-electron chi connectivity index (χ1n) is 14.3. The minimum absolute atomic E-state index is 0.0501. The Balaban J connectivity index is 1.46. The van der Waals surface area contributed by atoms with Gasteiger partial charge in [0, 0.05) is 25.2 Å². The fraction of sp³-hybridized carbons (Fsp3) is 0.323. The normalized spacial score (nSPS) is 13.0. The van der Waals surface area contributed by atoms with E-state index >= 15 is 0 Å². The van der Waals surface area contributed by atoms with E-state index in [2.05, 4.69) is 5.32 Å². The molecule has 4 rings (SSSR count). The van der Waals surface area contributed by atoms with Gasteiger partial charge in [0.15, 0.2) is 0 Å². The van der Waals surface area contributed by atoms with Crippen molar-refractivity contribution in [3.63, 3.8) is 0 Å². The molecule has 1 heterocycles. The van der Waals surface area contributed by atoms with Crippen LogP contribution in [0.25, 0.3) is 11.1 Å². The van der Waals surface area contributed by atoms with Crippen molar-refractivity contribution in [1.29, 1.82) is 0 Å². The molecule has 51 heavy (non-hydrogen) atoms. The summed E-state index contributed by atoms with van der Waals surface area (Å²) in [5, 5.41) is 11.5. The van der Waals surface area contributed by atoms with E-state index < -0.39 is 84.9 Å². The summed E-state index contributed by atoms with van der Waals surface area (Å²) in [5.74, 6) is -2.21. The summed E-state index contributed by atoms with van der Waals surface area (Å²) in [4.78, 5) is 63.0. The quantitative estimate of drug-likeness (QED) is 0.222. The van der Waals surface area contributed by atoms with E-state index in [1.165, 1.54) is 4.98 Å². The second-order valence-electron chi connectivity index (χ2n) is 10.9. The summed E-state index contributed by atoms with van der Waals surface area (Å²) in [6.45, 7) is -3.30. The number of carboxylic acid groups (broad SMARTS) is 1. The van der Waals surface area contributed by atoms with Crippen LogP contribution in [0.4, 0.5) is 44.3 Å². The molecule has 11 nitrogen and oxygen atoms in total. The highest BCUT2D eigenvalue weighted by atomic mass is 19.4. The third kappa shape index (κ3) is 7.86. The van der Waals surface area contributed by atoms with Crippen molar-refractivity contribution in [2.45, 2.75) is 31.0 Å². The molecule has 0 saturated heterocycles. The second-order valence-corrected chi connectivity index (χ2v) is 10.9. The molecule has 0 spiro atoms. The zero-order valence-corrected chi connectivity index (χ0v) is 25.5. The van der Waals surface area contributed by atoms with Crippen molar-refractivity contribution in [3.05, 3.63) is 92.3 Å². The van der Waals surface area contributed by atoms with Crippen molar-refractivity contribution in [1.82, 2.24) is 19.8 Å². The van der Waals surface area contributed by atoms with Crippen molar-refractivity contribution >= 4 is 18.0 Å². The topological polar surface area (TPSA) is 151 Å². The zero-order chi connectivity index (χ0) is 37.9. The lowest BCUT2D eigenvalue weighted by atomic mass is 9.85. The van der Waals surface area contributed by atoms with E-state index in [4.69, 9.17) is 4.74 Å². The lowest BCUT2D eigenvalue weighted by Crippen LogP contribution is -2.58. The van der Waals surface area contributed by atoms with Gasteiger partial charge in [0.05, 0.1) is 0 Å². The molecule has 2 aromatic carbocycles. The second kappa shape index (κ2) is 14.2. The molecule has 0 unspecified atom stereocenters. The summed E-state index contributed by atoms with van der Waals surface area (Å²) in [5.41, 5.74) is -7.62. The van der Waals surface area contributed by atoms with Gasteiger partial charge in [0.1, 0.15) is 25.3 Å². The van der Waals surface area contributed by atoms with E-state index in [1.807, 2.05) is 48.5 Å². The maximum absolute atomic E-state index is 13.2. The van der Waals surface area contributed by atoms with E-state index in [-0.39, 0.29) is 29.2 Å². The Morgan fingerprint density at radius 1 is 0.882 bits per heavy atom. The summed E-state index contributed by atoms with van der Waals surface area (Å²) in [6, 6.07) is 14.9. The number of ether oxygens (including phenoxy) is 1. The van der Waals surface area contributed by atoms with Crippen LogP contribution in [0.2, 0.25) is 0 Å². The van der Waals surface area contributed by atoms with Gasteiger partial charge in [0.25, 0.3) is 5.56 Å². The molecule has 0 bridgehead atoms. The van der Waals surface area contributed by atoms with Crippen LogP contribution in [0.3, 0.4) is 0 Å². The number of rotatable bonds is 9. The molecule has 2 amide bonds. The Morgan fingerprint density at radius 2 is 1.41 bits per heavy atom. The van der Waals surface area contributed by atoms with Gasteiger partial charge in [-0.3, -0.25) is 23.9 Å². The standard InChI is InChI=1S/C31H23F9N4O7/c32-29(33,34)28(30(35,36)37,31(38,39)40)10-9-17-13-44(26(49)42-25(17)48)14-23(45)43(15-24(46)47)12-11-41-27(50)51-16-22-20-7-3-1-5-18(20)19-6-2-4-8-21(19)22/h1-8,13,22H,11-12,14-16H2,(H,41,50)(H,46,47)(H,42,48,49). The molecule has 1 aliphatic carbocycles. The molecule has 3 aromatic rings. The number of alkyl halides is 9. The first-order chi connectivity index (χ1) is 23.7. The predicted octanol–water partition coefficient (Wildman–Crippen LogP) is 4.01. The van der Waals surface area contributed by atoms with Crippen LogP contribution in [-0.2, 0) is 20.9 Å². The summed E-state index contributed by atoms with van der Waals surface area (Å²) < 4.78 is 125. The largest absolute Gasteiger partial charge is 0.480 e. The number of aliphatic carboxylic acids is 1. The van der Waals surface area contributed by atoms with Crippen LogP contribution in [0.1, 0.15) is 22.6 Å². The Morgan fingerprint density at radius 3 is 1.92 bits per heavy atom. The number of alkyl carbamates (subject to hydrolysis) is 1. The van der Waals surface area contributed by atoms with E-state index in [9.17, 15) is 68.6 Å². The number of H-pyrrole nitrogens is 1. The van der Waals surface area contributed by atoms with Gasteiger partial charge in [0.2, 0.25) is 5.91 Å². The van der Waals surface area contributed by atoms with Gasteiger partial charge in [-0.05, 0) is 22.3 Å². The molecule has 0 aliphatic heterocycles. The monoisotopic (exact) mass is 734 g/mol. The van der Waals surface area contributed by atoms with Gasteiger partial charge < -0.3 is 20.1 Å². The van der Waals surface area contributed by atoms with Gasteiger partial charge in [-0.1, -0.05) is 60.4 Å². The number of nitrogens with one attached hydrogen (secondary N) is 2. The summed E-state index contributed by atoms with van der Waals surface area (Å²) >= 11 is 0. The SMILES string of the molecule is O=C(O)CN(CCNC(=O)OCC1c2ccccc2-c2ccccc21)C(=O)Cn1cc(C#CC(C(F)(F)F)(C(F)(F)F)C(F)(F)F)c(=O)[nH]c1=O. The van der Waals surface area contributed by atoms with E-state index in [1.54, 1.807) is 0 Å². The highest BCUT2D eigenvalue weighted by molar-refractivity contribution is 5.81. The van der Waals surface area contributed by atoms with Gasteiger partial charge in [-0.25, -0.2) is 9.59 Å². The first-order valence-corrected chi connectivity index (χ1v) is 14.3. The molecular weight excluding hydrogens is 711 g/mol. The lowest BCUT2D eigenvalue weighted by Gasteiger charge is -2.34. The van der Waals surface area contributed by atoms with E-state index in [0.717, 1.165) is 28.2 Å². The number of nitrogens with zero attached hydrogens (tertiary/aromatic N) is 2. The highest BCUT2D eigenvalue weighted by Crippen LogP contribution is 2.59. The molecule has 272 valence electrons. The third-order valence-electron chi connectivity index (χ3n) is 7.65. The lowest BCUT2D eigenvalue weighted by molar-refractivity contribution is -0.402. The van der Waals surface area contributed by atoms with Gasteiger partial charge in [-0.2, -0.15) is 39.5 Å². The Hall–Kier alpha value is -5.74. The van der Waals surface area contributed by atoms with Crippen LogP contribution in [-0.4, -0.2) is 82.3 Å². The molecule has 0 fully saturated rings. The number of amides is 2. The van der Waals surface area contributed by atoms with Gasteiger partial charge >= 0.3 is 41.7 Å². The van der Waals surface area contributed by atoms with Crippen LogP contribution < -0.4 is 16.6 Å². The number of halogens is 9. The smallest absolute Gasteiger partial charge is 0.423 e. The average molecular weight is 735 g/mol. The number of hydrogen-bond acceptors (Lipinski definition) is 6. The van der Waals surface area contributed by atoms with E-state index in [0.29, 0.717) is 4.90 Å². The number of carbonyl (C=O) groups is 3. The first kappa shape index (κ1) is 38.1. The van der Waals surface area contributed by atoms with Gasteiger partial charge in [-0.15, -0.1) is 0 Å². The Bertz CT molecular complexity index is 1930. The zero-order valence-electron chi connectivity index (χ0n) is 25.5. The van der Waals surface area contributed by atoms with Crippen molar-refractivity contribution in [2.24, 2.45) is 5.41 Å². The average Bonchev–Trinajstić information content (AvgIpc) is 3.33. The number of aromatic nitrogens is 2. The molecule has 1 aromatic heterocycles. The van der Waals surface area contributed by atoms with Crippen LogP contribution in [0, 0.1) is 17.3 Å². The number of fused-ring (bicyclic) bond motifs is 3. The molecule has 1 aliphatic rings. The Kier molecular flexibility index (Phi) is 10.6. The summed E-state index contributed by atoms with van der Waals surface area (Å²) in [6.07, 6.45) is -22.0. The minimum atomic E-state index is -7.06. The summed E-state index contributed by atoms with van der Waals surface area (Å²) in [7, 11) is 0. The fourth-order valence-electron chi connectivity index (χ4n) is 5.21. The number of carbonyl (C=O) groups excluding carboxylic acids is 2. The molecule has 20 heteroatoms. The highest BCUT2D eigenvalue weighted by Gasteiger charge is 2.83. The maximum Gasteiger partial charge on any atom is 0.423 e. The Labute approximate surface area is 279 Å². The third-order valence-corrected chi connectivity index (χ3v) is 7.65. The molecule has 0 saturated carbocycles. The fourth-order valence-corrected chi connectivity index (χ4v) is 5.21. The number of carboxylic acids is 1. The van der Waals surface area contributed by atoms with Crippen molar-refractivity contribution in [3.8, 4) is 23.0 Å². The van der Waals surface area contributed by atoms with Crippen LogP contribution >= 0.6 is 0 Å². The molecular formula is C31H23F9N4O7. The van der Waals surface area contributed by atoms with Crippen molar-refractivity contribution in [2.75, 3.05) is 26.2 Å². The minimum Gasteiger partial charge on any atom is -0.480 e. The molecule has 0 radical (unpaired) electrons. The molecule has 0 atom stereocenters. The van der Waals surface area contributed by atoms with Crippen LogP contribution in [0.15, 0.2) is 64.3 Å². The van der Waals surface area contributed by atoms with Crippen molar-refractivity contribution < 1.29 is 63.7 Å². The molecule has 3 N–H and O–H groups in total. The number of aromatic amines is 1.